The SMILES string of the molecule is COc1cc(NC2=C(Cl)C(=O)C(Nc3cc(OC)c(OC)c(OC)c3)=C(Cl)C2=O)cc(OC)c1OC. The molecule has 0 heterocycles. The summed E-state index contributed by atoms with van der Waals surface area (Å²) in [5.74, 6) is 0.621. The number of ketones is 2. The van der Waals surface area contributed by atoms with E-state index in [0.717, 1.165) is 0 Å². The molecule has 0 spiro atoms. The summed E-state index contributed by atoms with van der Waals surface area (Å²) >= 11 is 12.7. The second kappa shape index (κ2) is 11.3. The van der Waals surface area contributed by atoms with Gasteiger partial charge in [0.05, 0.1) is 42.7 Å². The minimum Gasteiger partial charge on any atom is -0.493 e. The van der Waals surface area contributed by atoms with E-state index < -0.39 is 11.6 Å². The van der Waals surface area contributed by atoms with Crippen molar-refractivity contribution in [1.82, 2.24) is 0 Å². The van der Waals surface area contributed by atoms with Gasteiger partial charge in [0.15, 0.2) is 23.0 Å². The number of halogens is 2. The van der Waals surface area contributed by atoms with E-state index in [1.165, 1.54) is 42.7 Å². The summed E-state index contributed by atoms with van der Waals surface area (Å²) in [5.41, 5.74) is 0.279. The van der Waals surface area contributed by atoms with Gasteiger partial charge in [-0.15, -0.1) is 0 Å². The molecule has 12 heteroatoms. The molecular formula is C24H24Cl2N2O8. The van der Waals surface area contributed by atoms with Gasteiger partial charge in [-0.25, -0.2) is 0 Å². The molecule has 2 aromatic rings. The van der Waals surface area contributed by atoms with Crippen molar-refractivity contribution >= 4 is 46.1 Å². The van der Waals surface area contributed by atoms with Crippen molar-refractivity contribution in [2.75, 3.05) is 53.3 Å². The van der Waals surface area contributed by atoms with Crippen molar-refractivity contribution in [2.45, 2.75) is 0 Å². The van der Waals surface area contributed by atoms with Crippen LogP contribution in [-0.2, 0) is 9.59 Å². The lowest BCUT2D eigenvalue weighted by atomic mass is 10.0. The van der Waals surface area contributed by atoms with Crippen LogP contribution in [0.25, 0.3) is 0 Å². The van der Waals surface area contributed by atoms with Gasteiger partial charge in [-0.05, 0) is 0 Å². The van der Waals surface area contributed by atoms with E-state index >= 15 is 0 Å². The molecule has 0 aromatic heterocycles. The molecule has 36 heavy (non-hydrogen) atoms. The highest BCUT2D eigenvalue weighted by atomic mass is 35.5. The predicted molar refractivity (Wildman–Crippen MR) is 135 cm³/mol. The summed E-state index contributed by atoms with van der Waals surface area (Å²) < 4.78 is 31.9. The number of methoxy groups -OCH3 is 6. The van der Waals surface area contributed by atoms with Crippen LogP contribution in [0.3, 0.4) is 0 Å². The Hall–Kier alpha value is -3.76. The lowest BCUT2D eigenvalue weighted by Gasteiger charge is -2.22. The number of nitrogens with one attached hydrogen (secondary N) is 2. The molecule has 0 saturated carbocycles. The number of Topliss-reactive ketones (excluding diaryl/α,β-unsaturated/α-hetero) is 2. The Morgan fingerprint density at radius 3 is 1.03 bits per heavy atom. The molecular weight excluding hydrogens is 515 g/mol. The molecule has 0 radical (unpaired) electrons. The molecule has 0 atom stereocenters. The molecule has 192 valence electrons. The molecule has 0 saturated heterocycles. The van der Waals surface area contributed by atoms with Gasteiger partial charge in [0.1, 0.15) is 21.5 Å². The van der Waals surface area contributed by atoms with Gasteiger partial charge in [-0.2, -0.15) is 0 Å². The van der Waals surface area contributed by atoms with E-state index in [9.17, 15) is 9.59 Å². The van der Waals surface area contributed by atoms with Crippen molar-refractivity contribution < 1.29 is 38.0 Å². The van der Waals surface area contributed by atoms with E-state index in [-0.39, 0.29) is 21.5 Å². The van der Waals surface area contributed by atoms with Crippen LogP contribution in [0.15, 0.2) is 45.7 Å². The highest BCUT2D eigenvalue weighted by molar-refractivity contribution is 6.56. The number of carbonyl (C=O) groups is 2. The average Bonchev–Trinajstić information content (AvgIpc) is 2.90. The molecule has 2 aromatic carbocycles. The van der Waals surface area contributed by atoms with E-state index in [0.29, 0.717) is 45.9 Å². The van der Waals surface area contributed by atoms with Gasteiger partial charge in [-0.1, -0.05) is 23.2 Å². The molecule has 0 unspecified atom stereocenters. The Labute approximate surface area is 217 Å². The fourth-order valence-corrected chi connectivity index (χ4v) is 3.92. The number of hydrogen-bond acceptors (Lipinski definition) is 10. The van der Waals surface area contributed by atoms with Crippen molar-refractivity contribution in [3.63, 3.8) is 0 Å². The van der Waals surface area contributed by atoms with Gasteiger partial charge < -0.3 is 39.1 Å². The highest BCUT2D eigenvalue weighted by Gasteiger charge is 2.34. The Morgan fingerprint density at radius 1 is 0.528 bits per heavy atom. The second-order valence-electron chi connectivity index (χ2n) is 7.11. The smallest absolute Gasteiger partial charge is 0.224 e. The van der Waals surface area contributed by atoms with Gasteiger partial charge in [0.25, 0.3) is 0 Å². The first kappa shape index (κ1) is 26.8. The average molecular weight is 539 g/mol. The molecule has 0 bridgehead atoms. The zero-order chi connectivity index (χ0) is 26.6. The van der Waals surface area contributed by atoms with Crippen molar-refractivity contribution in [2.24, 2.45) is 0 Å². The summed E-state index contributed by atoms with van der Waals surface area (Å²) in [6.07, 6.45) is 0. The van der Waals surface area contributed by atoms with E-state index in [1.54, 1.807) is 24.3 Å². The van der Waals surface area contributed by atoms with Crippen molar-refractivity contribution in [1.29, 1.82) is 0 Å². The second-order valence-corrected chi connectivity index (χ2v) is 7.87. The summed E-state index contributed by atoms with van der Waals surface area (Å²) in [4.78, 5) is 26.2. The minimum absolute atomic E-state index is 0.212. The van der Waals surface area contributed by atoms with Crippen LogP contribution in [0.4, 0.5) is 11.4 Å². The van der Waals surface area contributed by atoms with Gasteiger partial charge in [-0.3, -0.25) is 9.59 Å². The number of rotatable bonds is 10. The van der Waals surface area contributed by atoms with Crippen molar-refractivity contribution in [3.05, 3.63) is 45.7 Å². The first-order chi connectivity index (χ1) is 17.2. The number of hydrogen-bond donors (Lipinski definition) is 2. The van der Waals surface area contributed by atoms with E-state index in [2.05, 4.69) is 10.6 Å². The van der Waals surface area contributed by atoms with E-state index in [1.807, 2.05) is 0 Å². The quantitative estimate of drug-likeness (QED) is 0.424. The van der Waals surface area contributed by atoms with Crippen LogP contribution in [-0.4, -0.2) is 54.2 Å². The third-order valence-corrected chi connectivity index (χ3v) is 5.88. The molecule has 3 rings (SSSR count). The van der Waals surface area contributed by atoms with Gasteiger partial charge >= 0.3 is 0 Å². The van der Waals surface area contributed by atoms with Crippen LogP contribution in [0.2, 0.25) is 0 Å². The van der Waals surface area contributed by atoms with Gasteiger partial charge in [0, 0.05) is 35.6 Å². The maximum absolute atomic E-state index is 13.1. The maximum Gasteiger partial charge on any atom is 0.224 e. The fourth-order valence-electron chi connectivity index (χ4n) is 3.46. The third kappa shape index (κ3) is 4.95. The molecule has 10 nitrogen and oxygen atoms in total. The molecule has 0 fully saturated rings. The highest BCUT2D eigenvalue weighted by Crippen LogP contribution is 2.42. The zero-order valence-corrected chi connectivity index (χ0v) is 21.8. The van der Waals surface area contributed by atoms with Crippen LogP contribution in [0.1, 0.15) is 0 Å². The van der Waals surface area contributed by atoms with Gasteiger partial charge in [0.2, 0.25) is 23.1 Å². The van der Waals surface area contributed by atoms with Crippen LogP contribution in [0.5, 0.6) is 34.5 Å². The molecule has 1 aliphatic carbocycles. The number of carbonyl (C=O) groups excluding carboxylic acids is 2. The lowest BCUT2D eigenvalue weighted by molar-refractivity contribution is -0.115. The Morgan fingerprint density at radius 2 is 0.806 bits per heavy atom. The maximum atomic E-state index is 13.1. The monoisotopic (exact) mass is 538 g/mol. The third-order valence-electron chi connectivity index (χ3n) is 5.16. The van der Waals surface area contributed by atoms with E-state index in [4.69, 9.17) is 51.6 Å². The summed E-state index contributed by atoms with van der Waals surface area (Å²) in [6.45, 7) is 0. The van der Waals surface area contributed by atoms with Crippen LogP contribution < -0.4 is 39.1 Å². The molecule has 2 N–H and O–H groups in total. The number of anilines is 2. The predicted octanol–water partition coefficient (Wildman–Crippen LogP) is 4.31. The fraction of sp³-hybridized carbons (Fsp3) is 0.250. The minimum atomic E-state index is -0.704. The topological polar surface area (TPSA) is 114 Å². The normalized spacial score (nSPS) is 13.4. The first-order valence-electron chi connectivity index (χ1n) is 10.3. The number of ether oxygens (including phenoxy) is 6. The Balaban J connectivity index is 1.97. The first-order valence-corrected chi connectivity index (χ1v) is 11.0. The van der Waals surface area contributed by atoms with Crippen LogP contribution in [0, 0.1) is 0 Å². The summed E-state index contributed by atoms with van der Waals surface area (Å²) in [5, 5.41) is 4.94. The number of allylic oxidation sites excluding steroid dienone is 2. The standard InChI is InChI=1S/C24H24Cl2N2O8/c1-31-13-7-11(8-14(32-2)23(13)35-5)27-19-17(25)22(30)20(18(26)21(19)29)28-12-9-15(33-3)24(36-6)16(10-12)34-4/h7-10,27-28H,1-6H3. The molecule has 1 aliphatic rings. The molecule has 0 amide bonds. The number of benzene rings is 2. The Bertz CT molecular complexity index is 1130. The lowest BCUT2D eigenvalue weighted by Crippen LogP contribution is -2.27. The zero-order valence-electron chi connectivity index (χ0n) is 20.3. The summed E-state index contributed by atoms with van der Waals surface area (Å²) in [7, 11) is 8.71. The van der Waals surface area contributed by atoms with Crippen molar-refractivity contribution in [3.8, 4) is 34.5 Å². The largest absolute Gasteiger partial charge is 0.493 e. The summed E-state index contributed by atoms with van der Waals surface area (Å²) in [6, 6.07) is 6.21. The van der Waals surface area contributed by atoms with Crippen LogP contribution >= 0.6 is 23.2 Å². The molecule has 0 aliphatic heterocycles. The Kier molecular flexibility index (Phi) is 8.44.